The van der Waals surface area contributed by atoms with E-state index in [1.807, 2.05) is 25.1 Å². The molecule has 1 heterocycles. The third-order valence-electron chi connectivity index (χ3n) is 4.91. The Morgan fingerprint density at radius 3 is 2.61 bits per heavy atom. The molecular weight excluding hydrogens is 395 g/mol. The fourth-order valence-corrected chi connectivity index (χ4v) is 3.31. The van der Waals surface area contributed by atoms with Crippen LogP contribution in [0, 0.1) is 12.7 Å². The zero-order chi connectivity index (χ0) is 22.0. The molecule has 4 aromatic rings. The van der Waals surface area contributed by atoms with Gasteiger partial charge in [-0.2, -0.15) is 0 Å². The van der Waals surface area contributed by atoms with E-state index >= 15 is 0 Å². The molecule has 3 aromatic carbocycles. The third-order valence-corrected chi connectivity index (χ3v) is 4.91. The molecule has 1 N–H and O–H groups in total. The molecule has 1 amide bonds. The summed E-state index contributed by atoms with van der Waals surface area (Å²) in [7, 11) is 0. The van der Waals surface area contributed by atoms with Crippen LogP contribution in [0.25, 0.3) is 22.6 Å². The Hall–Kier alpha value is -3.67. The number of hydrogen-bond acceptors (Lipinski definition) is 4. The van der Waals surface area contributed by atoms with E-state index in [2.05, 4.69) is 24.1 Å². The first kappa shape index (κ1) is 20.6. The number of halogens is 1. The smallest absolute Gasteiger partial charge is 0.262 e. The van der Waals surface area contributed by atoms with Gasteiger partial charge < -0.3 is 14.5 Å². The first-order valence-electron chi connectivity index (χ1n) is 10.1. The molecule has 5 nitrogen and oxygen atoms in total. The predicted molar refractivity (Wildman–Crippen MR) is 119 cm³/mol. The molecule has 0 unspecified atom stereocenters. The van der Waals surface area contributed by atoms with Crippen LogP contribution >= 0.6 is 0 Å². The second-order valence-electron chi connectivity index (χ2n) is 7.74. The zero-order valence-corrected chi connectivity index (χ0v) is 17.6. The quantitative estimate of drug-likeness (QED) is 0.412. The van der Waals surface area contributed by atoms with Gasteiger partial charge >= 0.3 is 0 Å². The fraction of sp³-hybridized carbons (Fsp3) is 0.200. The number of rotatable bonds is 6. The third kappa shape index (κ3) is 4.74. The number of amides is 1. The summed E-state index contributed by atoms with van der Waals surface area (Å²) in [5, 5.41) is 2.83. The first-order chi connectivity index (χ1) is 14.9. The van der Waals surface area contributed by atoms with Gasteiger partial charge in [0, 0.05) is 11.3 Å². The largest absolute Gasteiger partial charge is 0.483 e. The molecule has 158 valence electrons. The molecule has 0 aliphatic carbocycles. The van der Waals surface area contributed by atoms with Crippen LogP contribution in [-0.4, -0.2) is 17.5 Å². The van der Waals surface area contributed by atoms with E-state index in [4.69, 9.17) is 9.15 Å². The summed E-state index contributed by atoms with van der Waals surface area (Å²) in [6.07, 6.45) is 0. The van der Waals surface area contributed by atoms with Crippen molar-refractivity contribution in [2.45, 2.75) is 26.7 Å². The van der Waals surface area contributed by atoms with Crippen molar-refractivity contribution in [3.63, 3.8) is 0 Å². The fourth-order valence-electron chi connectivity index (χ4n) is 3.31. The predicted octanol–water partition coefficient (Wildman–Crippen LogP) is 6.08. The summed E-state index contributed by atoms with van der Waals surface area (Å²) in [4.78, 5) is 16.9. The van der Waals surface area contributed by atoms with Gasteiger partial charge in [-0.25, -0.2) is 9.37 Å². The van der Waals surface area contributed by atoms with Crippen LogP contribution in [0.1, 0.15) is 30.9 Å². The molecule has 31 heavy (non-hydrogen) atoms. The molecular formula is C25H23FN2O3. The molecule has 0 saturated carbocycles. The normalized spacial score (nSPS) is 11.1. The van der Waals surface area contributed by atoms with Gasteiger partial charge in [-0.05, 0) is 72.5 Å². The molecule has 4 rings (SSSR count). The number of fused-ring (bicyclic) bond motifs is 1. The van der Waals surface area contributed by atoms with E-state index in [9.17, 15) is 9.18 Å². The number of aromatic nitrogens is 1. The average Bonchev–Trinajstić information content (AvgIpc) is 3.16. The number of nitrogens with zero attached hydrogens (tertiary/aromatic N) is 1. The standard InChI is InChI=1S/C25H23FN2O3/c1-15(2)20-10-4-16(3)12-23(20)30-14-24(29)27-19-9-11-22-21(13-19)28-25(31-22)17-5-7-18(26)8-6-17/h4-13,15H,14H2,1-3H3,(H,27,29). The maximum atomic E-state index is 13.1. The summed E-state index contributed by atoms with van der Waals surface area (Å²) in [6, 6.07) is 17.2. The van der Waals surface area contributed by atoms with Crippen LogP contribution in [0.5, 0.6) is 5.75 Å². The summed E-state index contributed by atoms with van der Waals surface area (Å²) in [5.41, 5.74) is 4.58. The van der Waals surface area contributed by atoms with E-state index in [0.717, 1.165) is 16.9 Å². The second kappa shape index (κ2) is 8.60. The summed E-state index contributed by atoms with van der Waals surface area (Å²) in [6.45, 7) is 6.07. The molecule has 0 aliphatic rings. The minimum absolute atomic E-state index is 0.0964. The highest BCUT2D eigenvalue weighted by Gasteiger charge is 2.12. The van der Waals surface area contributed by atoms with Crippen molar-refractivity contribution in [2.75, 3.05) is 11.9 Å². The van der Waals surface area contributed by atoms with Crippen LogP contribution in [0.15, 0.2) is 65.1 Å². The van der Waals surface area contributed by atoms with Gasteiger partial charge in [-0.1, -0.05) is 26.0 Å². The van der Waals surface area contributed by atoms with Crippen LogP contribution in [0.3, 0.4) is 0 Å². The van der Waals surface area contributed by atoms with E-state index in [-0.39, 0.29) is 18.3 Å². The lowest BCUT2D eigenvalue weighted by atomic mass is 10.0. The van der Waals surface area contributed by atoms with Gasteiger partial charge in [-0.15, -0.1) is 0 Å². The molecule has 0 bridgehead atoms. The summed E-state index contributed by atoms with van der Waals surface area (Å²) >= 11 is 0. The molecule has 0 fully saturated rings. The number of aryl methyl sites for hydroxylation is 1. The highest BCUT2D eigenvalue weighted by Crippen LogP contribution is 2.28. The van der Waals surface area contributed by atoms with Crippen molar-refractivity contribution in [1.29, 1.82) is 0 Å². The minimum atomic E-state index is -0.321. The molecule has 0 atom stereocenters. The van der Waals surface area contributed by atoms with Gasteiger partial charge in [0.15, 0.2) is 12.2 Å². The summed E-state index contributed by atoms with van der Waals surface area (Å²) in [5.74, 6) is 0.822. The van der Waals surface area contributed by atoms with Gasteiger partial charge in [0.2, 0.25) is 5.89 Å². The molecule has 0 spiro atoms. The number of benzene rings is 3. The number of ether oxygens (including phenoxy) is 1. The van der Waals surface area contributed by atoms with Crippen LogP contribution in [-0.2, 0) is 4.79 Å². The lowest BCUT2D eigenvalue weighted by molar-refractivity contribution is -0.118. The Balaban J connectivity index is 1.45. The number of carbonyl (C=O) groups is 1. The van der Waals surface area contributed by atoms with Gasteiger partial charge in [0.1, 0.15) is 17.1 Å². The van der Waals surface area contributed by atoms with Crippen molar-refractivity contribution >= 4 is 22.7 Å². The number of anilines is 1. The summed E-state index contributed by atoms with van der Waals surface area (Å²) < 4.78 is 24.7. The molecule has 0 aliphatic heterocycles. The Labute approximate surface area is 179 Å². The SMILES string of the molecule is Cc1ccc(C(C)C)c(OCC(=O)Nc2ccc3oc(-c4ccc(F)cc4)nc3c2)c1. The van der Waals surface area contributed by atoms with E-state index < -0.39 is 0 Å². The highest BCUT2D eigenvalue weighted by atomic mass is 19.1. The molecule has 6 heteroatoms. The Kier molecular flexibility index (Phi) is 5.71. The minimum Gasteiger partial charge on any atom is -0.483 e. The van der Waals surface area contributed by atoms with Gasteiger partial charge in [-0.3, -0.25) is 4.79 Å². The van der Waals surface area contributed by atoms with Gasteiger partial charge in [0.25, 0.3) is 5.91 Å². The Bertz CT molecular complexity index is 1230. The van der Waals surface area contributed by atoms with E-state index in [1.165, 1.54) is 12.1 Å². The number of oxazole rings is 1. The number of hydrogen-bond donors (Lipinski definition) is 1. The second-order valence-corrected chi connectivity index (χ2v) is 7.74. The monoisotopic (exact) mass is 418 g/mol. The molecule has 1 aromatic heterocycles. The van der Waals surface area contributed by atoms with Crippen LogP contribution < -0.4 is 10.1 Å². The Morgan fingerprint density at radius 1 is 1.10 bits per heavy atom. The maximum Gasteiger partial charge on any atom is 0.262 e. The lowest BCUT2D eigenvalue weighted by Gasteiger charge is -2.14. The van der Waals surface area contributed by atoms with Gasteiger partial charge in [0.05, 0.1) is 0 Å². The van der Waals surface area contributed by atoms with E-state index in [0.29, 0.717) is 34.2 Å². The maximum absolute atomic E-state index is 13.1. The van der Waals surface area contributed by atoms with Crippen molar-refractivity contribution < 1.29 is 18.3 Å². The van der Waals surface area contributed by atoms with Crippen molar-refractivity contribution in [1.82, 2.24) is 4.98 Å². The van der Waals surface area contributed by atoms with Crippen molar-refractivity contribution in [3.05, 3.63) is 77.6 Å². The van der Waals surface area contributed by atoms with Crippen LogP contribution in [0.4, 0.5) is 10.1 Å². The van der Waals surface area contributed by atoms with Crippen molar-refractivity contribution in [3.8, 4) is 17.2 Å². The topological polar surface area (TPSA) is 64.4 Å². The average molecular weight is 418 g/mol. The number of nitrogens with one attached hydrogen (secondary N) is 1. The first-order valence-corrected chi connectivity index (χ1v) is 10.1. The Morgan fingerprint density at radius 2 is 1.87 bits per heavy atom. The van der Waals surface area contributed by atoms with Crippen molar-refractivity contribution in [2.24, 2.45) is 0 Å². The van der Waals surface area contributed by atoms with Crippen LogP contribution in [0.2, 0.25) is 0 Å². The number of carbonyl (C=O) groups excluding carboxylic acids is 1. The lowest BCUT2D eigenvalue weighted by Crippen LogP contribution is -2.20. The molecule has 0 radical (unpaired) electrons. The zero-order valence-electron chi connectivity index (χ0n) is 17.6. The highest BCUT2D eigenvalue weighted by molar-refractivity contribution is 5.94. The van der Waals surface area contributed by atoms with E-state index in [1.54, 1.807) is 30.3 Å². The molecule has 0 saturated heterocycles.